The number of nitrogen functional groups attached to an aromatic ring is 1. The monoisotopic (exact) mass is 320 g/mol. The number of pyridine rings is 1. The largest absolute Gasteiger partial charge is 0.383 e. The Kier molecular flexibility index (Phi) is 3.51. The maximum atomic E-state index is 12.4. The van der Waals surface area contributed by atoms with Gasteiger partial charge >= 0.3 is 0 Å². The average Bonchev–Trinajstić information content (AvgIpc) is 2.06. The minimum atomic E-state index is -4.31. The van der Waals surface area contributed by atoms with Gasteiger partial charge in [0.05, 0.1) is 10.0 Å². The minimum absolute atomic E-state index is 0.223. The summed E-state index contributed by atoms with van der Waals surface area (Å²) in [6.45, 7) is 0. The third-order valence-electron chi connectivity index (χ3n) is 1.51. The Morgan fingerprint density at radius 2 is 2.07 bits per heavy atom. The number of hydrogen-bond acceptors (Lipinski definition) is 4. The van der Waals surface area contributed by atoms with Gasteiger partial charge in [0.1, 0.15) is 10.7 Å². The highest BCUT2D eigenvalue weighted by molar-refractivity contribution is 9.10. The lowest BCUT2D eigenvalue weighted by Crippen LogP contribution is -2.04. The molecule has 15 heavy (non-hydrogen) atoms. The smallest absolute Gasteiger partial charge is 0.266 e. The molecule has 0 amide bonds. The molecule has 0 saturated heterocycles. The van der Waals surface area contributed by atoms with Crippen LogP contribution in [0.15, 0.2) is 15.6 Å². The first-order valence-electron chi connectivity index (χ1n) is 3.42. The van der Waals surface area contributed by atoms with Crippen molar-refractivity contribution < 1.29 is 17.2 Å². The van der Waals surface area contributed by atoms with E-state index in [1.54, 1.807) is 0 Å². The zero-order valence-corrected chi connectivity index (χ0v) is 10.1. The highest BCUT2D eigenvalue weighted by Crippen LogP contribution is 2.36. The fourth-order valence-electron chi connectivity index (χ4n) is 0.901. The second-order valence-electron chi connectivity index (χ2n) is 2.48. The first-order valence-corrected chi connectivity index (χ1v) is 6.52. The van der Waals surface area contributed by atoms with E-state index in [1.165, 1.54) is 0 Å². The van der Waals surface area contributed by atoms with Crippen molar-refractivity contribution >= 4 is 41.5 Å². The molecule has 0 aliphatic carbocycles. The number of aromatic nitrogens is 1. The summed E-state index contributed by atoms with van der Waals surface area (Å²) in [5.74, 6) is -0.223. The zero-order valence-electron chi connectivity index (χ0n) is 6.92. The molecule has 0 atom stereocenters. The van der Waals surface area contributed by atoms with Crippen molar-refractivity contribution in [1.82, 2.24) is 4.98 Å². The molecule has 0 unspecified atom stereocenters. The summed E-state index contributed by atoms with van der Waals surface area (Å²) in [4.78, 5) is 2.66. The molecule has 84 valence electrons. The second kappa shape index (κ2) is 4.18. The van der Waals surface area contributed by atoms with Crippen LogP contribution in [-0.2, 0) is 9.05 Å². The van der Waals surface area contributed by atoms with Gasteiger partial charge in [0, 0.05) is 16.9 Å². The van der Waals surface area contributed by atoms with Crippen molar-refractivity contribution in [2.24, 2.45) is 0 Å². The first-order chi connectivity index (χ1) is 6.75. The molecule has 0 aliphatic heterocycles. The molecular weight excluding hydrogens is 317 g/mol. The lowest BCUT2D eigenvalue weighted by Gasteiger charge is -2.08. The van der Waals surface area contributed by atoms with Crippen LogP contribution in [-0.4, -0.2) is 13.4 Å². The molecule has 1 aromatic heterocycles. The van der Waals surface area contributed by atoms with E-state index in [0.717, 1.165) is 0 Å². The van der Waals surface area contributed by atoms with Crippen molar-refractivity contribution in [2.75, 3.05) is 5.73 Å². The summed E-state index contributed by atoms with van der Waals surface area (Å²) >= 11 is 2.75. The number of nitrogens with zero attached hydrogens (tertiary/aromatic N) is 1. The highest BCUT2D eigenvalue weighted by atomic mass is 79.9. The van der Waals surface area contributed by atoms with Crippen molar-refractivity contribution in [1.29, 1.82) is 0 Å². The third-order valence-corrected chi connectivity index (χ3v) is 3.96. The van der Waals surface area contributed by atoms with Gasteiger partial charge in [-0.05, 0) is 15.9 Å². The third kappa shape index (κ3) is 2.56. The average molecular weight is 322 g/mol. The van der Waals surface area contributed by atoms with Crippen molar-refractivity contribution in [3.63, 3.8) is 0 Å². The summed E-state index contributed by atoms with van der Waals surface area (Å²) in [5.41, 5.74) is 4.47. The Bertz CT molecular complexity index is 494. The van der Waals surface area contributed by atoms with Crippen LogP contribution in [0.3, 0.4) is 0 Å². The van der Waals surface area contributed by atoms with E-state index in [4.69, 9.17) is 16.4 Å². The topological polar surface area (TPSA) is 73.0 Å². The van der Waals surface area contributed by atoms with Gasteiger partial charge in [-0.1, -0.05) is 0 Å². The number of nitrogens with two attached hydrogens (primary N) is 1. The zero-order chi connectivity index (χ0) is 11.8. The summed E-state index contributed by atoms with van der Waals surface area (Å²) in [5, 5.41) is 0. The van der Waals surface area contributed by atoms with Crippen LogP contribution in [0.25, 0.3) is 0 Å². The van der Waals surface area contributed by atoms with Crippen LogP contribution in [0.5, 0.6) is 0 Å². The number of rotatable bonds is 2. The Morgan fingerprint density at radius 3 is 2.47 bits per heavy atom. The number of hydrogen-bond donors (Lipinski definition) is 1. The van der Waals surface area contributed by atoms with Crippen LogP contribution in [0, 0.1) is 0 Å². The van der Waals surface area contributed by atoms with Crippen LogP contribution in [0.1, 0.15) is 12.0 Å². The van der Waals surface area contributed by atoms with E-state index < -0.39 is 25.9 Å². The number of halogens is 4. The van der Waals surface area contributed by atoms with Crippen molar-refractivity contribution in [2.45, 2.75) is 11.3 Å². The number of anilines is 1. The SMILES string of the molecule is Nc1ncc(C(F)F)c(S(=O)(=O)Cl)c1Br. The molecule has 0 saturated carbocycles. The Balaban J connectivity index is 3.65. The van der Waals surface area contributed by atoms with Crippen molar-refractivity contribution in [3.8, 4) is 0 Å². The van der Waals surface area contributed by atoms with Crippen LogP contribution >= 0.6 is 26.6 Å². The molecule has 1 heterocycles. The van der Waals surface area contributed by atoms with Gasteiger partial charge in [0.2, 0.25) is 0 Å². The maximum absolute atomic E-state index is 12.4. The summed E-state index contributed by atoms with van der Waals surface area (Å²) in [6.07, 6.45) is -2.32. The highest BCUT2D eigenvalue weighted by Gasteiger charge is 2.26. The molecule has 0 aromatic carbocycles. The van der Waals surface area contributed by atoms with Gasteiger partial charge in [0.25, 0.3) is 15.5 Å². The molecule has 0 aliphatic rings. The van der Waals surface area contributed by atoms with Crippen molar-refractivity contribution in [3.05, 3.63) is 16.2 Å². The van der Waals surface area contributed by atoms with Gasteiger partial charge in [-0.25, -0.2) is 22.2 Å². The second-order valence-corrected chi connectivity index (χ2v) is 5.78. The molecule has 0 bridgehead atoms. The Labute approximate surface area is 97.0 Å². The van der Waals surface area contributed by atoms with Gasteiger partial charge in [0.15, 0.2) is 0 Å². The van der Waals surface area contributed by atoms with E-state index in [1.807, 2.05) is 0 Å². The molecule has 1 rings (SSSR count). The van der Waals surface area contributed by atoms with Crippen LogP contribution < -0.4 is 5.73 Å². The quantitative estimate of drug-likeness (QED) is 0.848. The van der Waals surface area contributed by atoms with E-state index in [2.05, 4.69) is 20.9 Å². The number of alkyl halides is 2. The van der Waals surface area contributed by atoms with E-state index >= 15 is 0 Å². The Hall–Kier alpha value is -0.470. The lowest BCUT2D eigenvalue weighted by atomic mass is 10.3. The molecule has 4 nitrogen and oxygen atoms in total. The molecule has 9 heteroatoms. The molecule has 1 aromatic rings. The van der Waals surface area contributed by atoms with E-state index in [9.17, 15) is 17.2 Å². The molecule has 0 fully saturated rings. The minimum Gasteiger partial charge on any atom is -0.383 e. The molecular formula is C6H4BrClF2N2O2S. The lowest BCUT2D eigenvalue weighted by molar-refractivity contribution is 0.147. The van der Waals surface area contributed by atoms with E-state index in [0.29, 0.717) is 6.20 Å². The summed E-state index contributed by atoms with van der Waals surface area (Å²) in [7, 11) is 0.704. The summed E-state index contributed by atoms with van der Waals surface area (Å²) in [6, 6.07) is 0. The predicted molar refractivity (Wildman–Crippen MR) is 54.3 cm³/mol. The fourth-order valence-corrected chi connectivity index (χ4v) is 3.39. The standard InChI is InChI=1S/C6H4BrClF2N2O2S/c7-3-4(15(8,13)14)2(5(9)10)1-12-6(3)11/h1,5H,(H2,11,12). The van der Waals surface area contributed by atoms with Crippen LogP contribution in [0.4, 0.5) is 14.6 Å². The molecule has 0 radical (unpaired) electrons. The van der Waals surface area contributed by atoms with Gasteiger partial charge in [-0.2, -0.15) is 0 Å². The molecule has 2 N–H and O–H groups in total. The maximum Gasteiger partial charge on any atom is 0.266 e. The van der Waals surface area contributed by atoms with Crippen LogP contribution in [0.2, 0.25) is 0 Å². The van der Waals surface area contributed by atoms with Gasteiger partial charge in [-0.3, -0.25) is 0 Å². The van der Waals surface area contributed by atoms with Gasteiger partial charge < -0.3 is 5.73 Å². The van der Waals surface area contributed by atoms with E-state index in [-0.39, 0.29) is 10.3 Å². The van der Waals surface area contributed by atoms with Gasteiger partial charge in [-0.15, -0.1) is 0 Å². The Morgan fingerprint density at radius 1 is 1.53 bits per heavy atom. The first kappa shape index (κ1) is 12.6. The summed E-state index contributed by atoms with van der Waals surface area (Å²) < 4.78 is 46.7. The molecule has 0 spiro atoms. The fraction of sp³-hybridized carbons (Fsp3) is 0.167. The normalized spacial score (nSPS) is 12.1. The predicted octanol–water partition coefficient (Wildman–Crippen LogP) is 2.29.